The van der Waals surface area contributed by atoms with Crippen molar-refractivity contribution in [1.29, 1.82) is 0 Å². The number of likely N-dealkylation sites (tertiary alicyclic amines) is 1. The van der Waals surface area contributed by atoms with Crippen LogP contribution < -0.4 is 25.0 Å². The van der Waals surface area contributed by atoms with Crippen molar-refractivity contribution in [1.82, 2.24) is 9.88 Å². The Kier molecular flexibility index (Phi) is 9.40. The number of ether oxygens (including phenoxy) is 3. The minimum absolute atomic E-state index is 0.0159. The summed E-state index contributed by atoms with van der Waals surface area (Å²) in [6.45, 7) is 3.87. The summed E-state index contributed by atoms with van der Waals surface area (Å²) in [5, 5.41) is 5.98. The van der Waals surface area contributed by atoms with Gasteiger partial charge in [0.05, 0.1) is 31.1 Å². The lowest BCUT2D eigenvalue weighted by Gasteiger charge is -2.18. The molecule has 0 saturated carbocycles. The third-order valence-electron chi connectivity index (χ3n) is 6.84. The lowest BCUT2D eigenvalue weighted by atomic mass is 10.1. The molecule has 0 unspecified atom stereocenters. The molecule has 8 nitrogen and oxygen atoms in total. The molecule has 1 aliphatic rings. The fraction of sp³-hybridized carbons (Fsp3) is 0.258. The maximum absolute atomic E-state index is 15.3. The summed E-state index contributed by atoms with van der Waals surface area (Å²) in [7, 11) is 1.57. The summed E-state index contributed by atoms with van der Waals surface area (Å²) >= 11 is 5.11. The lowest BCUT2D eigenvalue weighted by molar-refractivity contribution is 0.254. The van der Waals surface area contributed by atoms with Crippen LogP contribution in [-0.2, 0) is 0 Å². The third kappa shape index (κ3) is 7.10. The number of hydrogen-bond acceptors (Lipinski definition) is 7. The number of halogens is 2. The Morgan fingerprint density at radius 2 is 1.81 bits per heavy atom. The monoisotopic (exact) mass is 591 g/mol. The van der Waals surface area contributed by atoms with Crippen LogP contribution in [0.25, 0.3) is 10.9 Å². The average Bonchev–Trinajstić information content (AvgIpc) is 3.51. The zero-order valence-corrected chi connectivity index (χ0v) is 23.9. The highest BCUT2D eigenvalue weighted by Gasteiger charge is 2.16. The van der Waals surface area contributed by atoms with Crippen molar-refractivity contribution in [3.8, 4) is 23.0 Å². The van der Waals surface area contributed by atoms with Crippen LogP contribution in [0.15, 0.2) is 72.0 Å². The number of thiocarbonyl (C=S) groups is 1. The average molecular weight is 592 g/mol. The van der Waals surface area contributed by atoms with E-state index in [1.54, 1.807) is 49.7 Å². The van der Waals surface area contributed by atoms with E-state index in [0.717, 1.165) is 26.1 Å². The van der Waals surface area contributed by atoms with E-state index in [1.165, 1.54) is 48.3 Å². The van der Waals surface area contributed by atoms with Crippen LogP contribution in [-0.4, -0.2) is 54.6 Å². The number of nitrogens with zero attached hydrogens (tertiary/aromatic N) is 4. The molecular weight excluding hydrogens is 560 g/mol. The van der Waals surface area contributed by atoms with E-state index >= 15 is 4.39 Å². The first-order chi connectivity index (χ1) is 20.4. The van der Waals surface area contributed by atoms with Crippen LogP contribution in [0.2, 0.25) is 0 Å². The zero-order chi connectivity index (χ0) is 29.5. The topological polar surface area (TPSA) is 85.4 Å². The van der Waals surface area contributed by atoms with Gasteiger partial charge in [0.1, 0.15) is 11.6 Å². The molecule has 3 aromatic carbocycles. The molecule has 218 valence electrons. The summed E-state index contributed by atoms with van der Waals surface area (Å²) in [4.78, 5) is 6.90. The van der Waals surface area contributed by atoms with Crippen LogP contribution in [0.1, 0.15) is 24.8 Å². The van der Waals surface area contributed by atoms with E-state index in [0.29, 0.717) is 46.0 Å². The van der Waals surface area contributed by atoms with Gasteiger partial charge >= 0.3 is 0 Å². The van der Waals surface area contributed by atoms with Crippen molar-refractivity contribution in [3.63, 3.8) is 0 Å². The molecular formula is C31H31F2N5O3S. The first-order valence-corrected chi connectivity index (χ1v) is 14.0. The Morgan fingerprint density at radius 1 is 1.02 bits per heavy atom. The number of pyridine rings is 1. The van der Waals surface area contributed by atoms with Gasteiger partial charge in [0, 0.05) is 30.3 Å². The molecule has 1 aliphatic heterocycles. The second-order valence-corrected chi connectivity index (χ2v) is 10.2. The molecule has 2 N–H and O–H groups in total. The molecule has 42 heavy (non-hydrogen) atoms. The van der Waals surface area contributed by atoms with Gasteiger partial charge in [-0.15, -0.1) is 0 Å². The Labute approximate surface area is 248 Å². The second-order valence-electron chi connectivity index (χ2n) is 9.74. The Balaban J connectivity index is 1.32. The molecule has 2 heterocycles. The quantitative estimate of drug-likeness (QED) is 0.0947. The first kappa shape index (κ1) is 29.2. The second kappa shape index (κ2) is 13.5. The van der Waals surface area contributed by atoms with E-state index < -0.39 is 5.82 Å². The normalized spacial score (nSPS) is 13.5. The van der Waals surface area contributed by atoms with E-state index in [2.05, 4.69) is 15.0 Å². The molecule has 0 atom stereocenters. The minimum Gasteiger partial charge on any atom is -0.493 e. The molecule has 0 spiro atoms. The molecule has 0 bridgehead atoms. The number of hydrazone groups is 1. The van der Waals surface area contributed by atoms with Gasteiger partial charge in [0.15, 0.2) is 28.2 Å². The SMILES string of the molecule is COc1cc2c(Oc3ccc(N(N=Cc4ccc(F)cc4)C(N)=S)cc3F)ccnc2cc1OCCCN1CCCC1. The predicted molar refractivity (Wildman–Crippen MR) is 164 cm³/mol. The number of hydrogen-bond donors (Lipinski definition) is 1. The van der Waals surface area contributed by atoms with Gasteiger partial charge in [-0.25, -0.2) is 13.8 Å². The summed E-state index contributed by atoms with van der Waals surface area (Å²) < 4.78 is 46.1. The van der Waals surface area contributed by atoms with Crippen LogP contribution >= 0.6 is 12.2 Å². The largest absolute Gasteiger partial charge is 0.493 e. The van der Waals surface area contributed by atoms with Gasteiger partial charge in [-0.05, 0) is 86.5 Å². The minimum atomic E-state index is -0.652. The van der Waals surface area contributed by atoms with Gasteiger partial charge in [-0.2, -0.15) is 5.10 Å². The molecule has 1 saturated heterocycles. The van der Waals surface area contributed by atoms with Crippen molar-refractivity contribution in [2.75, 3.05) is 38.4 Å². The van der Waals surface area contributed by atoms with Crippen molar-refractivity contribution in [2.45, 2.75) is 19.3 Å². The zero-order valence-electron chi connectivity index (χ0n) is 23.1. The van der Waals surface area contributed by atoms with Crippen molar-refractivity contribution in [3.05, 3.63) is 84.1 Å². The van der Waals surface area contributed by atoms with Crippen molar-refractivity contribution >= 4 is 40.1 Å². The number of aromatic nitrogens is 1. The number of rotatable bonds is 11. The lowest BCUT2D eigenvalue weighted by Crippen LogP contribution is -2.31. The summed E-state index contributed by atoms with van der Waals surface area (Å²) in [5.74, 6) is 0.479. The number of benzene rings is 3. The summed E-state index contributed by atoms with van der Waals surface area (Å²) in [5.41, 5.74) is 7.37. The number of methoxy groups -OCH3 is 1. The standard InChI is InChI=1S/C31H31F2N5O3S/c1-39-29-18-24-26(19-30(29)40-16-4-15-37-13-2-3-14-37)35-12-11-27(24)41-28-10-9-23(17-25(28)33)38(31(34)42)36-20-21-5-7-22(32)8-6-21/h5-12,17-20H,2-4,13-16H2,1H3,(H2,34,42). The highest BCUT2D eigenvalue weighted by Crippen LogP contribution is 2.38. The maximum Gasteiger partial charge on any atom is 0.191 e. The van der Waals surface area contributed by atoms with E-state index in [-0.39, 0.29) is 16.7 Å². The summed E-state index contributed by atoms with van der Waals surface area (Å²) in [6.07, 6.45) is 6.47. The molecule has 11 heteroatoms. The smallest absolute Gasteiger partial charge is 0.191 e. The number of fused-ring (bicyclic) bond motifs is 1. The number of nitrogens with two attached hydrogens (primary N) is 1. The van der Waals surface area contributed by atoms with Crippen LogP contribution in [0, 0.1) is 11.6 Å². The maximum atomic E-state index is 15.3. The van der Waals surface area contributed by atoms with Gasteiger partial charge in [-0.3, -0.25) is 4.98 Å². The van der Waals surface area contributed by atoms with Crippen molar-refractivity contribution in [2.24, 2.45) is 10.8 Å². The van der Waals surface area contributed by atoms with Gasteiger partial charge in [0.2, 0.25) is 0 Å². The Morgan fingerprint density at radius 3 is 2.52 bits per heavy atom. The van der Waals surface area contributed by atoms with Gasteiger partial charge in [0.25, 0.3) is 0 Å². The summed E-state index contributed by atoms with van der Waals surface area (Å²) in [6, 6.07) is 15.2. The molecule has 0 amide bonds. The Bertz CT molecular complexity index is 1580. The fourth-order valence-electron chi connectivity index (χ4n) is 4.71. The molecule has 1 fully saturated rings. The van der Waals surface area contributed by atoms with Crippen molar-refractivity contribution < 1.29 is 23.0 Å². The van der Waals surface area contributed by atoms with Crippen LogP contribution in [0.4, 0.5) is 14.5 Å². The molecule has 4 aromatic rings. The predicted octanol–water partition coefficient (Wildman–Crippen LogP) is 6.26. The molecule has 0 radical (unpaired) electrons. The molecule has 5 rings (SSSR count). The van der Waals surface area contributed by atoms with E-state index in [1.807, 2.05) is 0 Å². The third-order valence-corrected chi connectivity index (χ3v) is 7.02. The number of anilines is 1. The fourth-order valence-corrected chi connectivity index (χ4v) is 4.87. The first-order valence-electron chi connectivity index (χ1n) is 13.6. The van der Waals surface area contributed by atoms with Crippen LogP contribution in [0.3, 0.4) is 0 Å². The molecule has 0 aliphatic carbocycles. The van der Waals surface area contributed by atoms with Crippen LogP contribution in [0.5, 0.6) is 23.0 Å². The Hall–Kier alpha value is -4.35. The van der Waals surface area contributed by atoms with Gasteiger partial charge < -0.3 is 24.8 Å². The van der Waals surface area contributed by atoms with Gasteiger partial charge in [-0.1, -0.05) is 12.1 Å². The van der Waals surface area contributed by atoms with E-state index in [4.69, 9.17) is 32.2 Å². The molecule has 1 aromatic heterocycles. The highest BCUT2D eigenvalue weighted by molar-refractivity contribution is 7.80. The van der Waals surface area contributed by atoms with E-state index in [9.17, 15) is 4.39 Å². The highest BCUT2D eigenvalue weighted by atomic mass is 32.1.